The SMILES string of the molecule is Cc1ccccc1-n1nnnc1S[C@H](C(N)=O)c1ccccc1. The minimum atomic E-state index is -0.551. The van der Waals surface area contributed by atoms with Crippen LogP contribution in [0.25, 0.3) is 5.69 Å². The number of amides is 1. The summed E-state index contributed by atoms with van der Waals surface area (Å²) >= 11 is 1.24. The van der Waals surface area contributed by atoms with Crippen molar-refractivity contribution in [2.75, 3.05) is 0 Å². The molecule has 0 saturated carbocycles. The molecule has 0 saturated heterocycles. The van der Waals surface area contributed by atoms with Crippen LogP contribution in [0.5, 0.6) is 0 Å². The van der Waals surface area contributed by atoms with Gasteiger partial charge in [-0.25, -0.2) is 0 Å². The lowest BCUT2D eigenvalue weighted by Gasteiger charge is -2.13. The molecular formula is C16H15N5OS. The minimum Gasteiger partial charge on any atom is -0.368 e. The van der Waals surface area contributed by atoms with Gasteiger partial charge in [-0.1, -0.05) is 60.3 Å². The van der Waals surface area contributed by atoms with Gasteiger partial charge in [-0.2, -0.15) is 4.68 Å². The topological polar surface area (TPSA) is 86.7 Å². The molecule has 0 unspecified atom stereocenters. The summed E-state index contributed by atoms with van der Waals surface area (Å²) < 4.78 is 1.62. The molecule has 0 spiro atoms. The van der Waals surface area contributed by atoms with Gasteiger partial charge < -0.3 is 5.73 Å². The molecule has 3 aromatic rings. The van der Waals surface area contributed by atoms with Gasteiger partial charge in [0, 0.05) is 0 Å². The summed E-state index contributed by atoms with van der Waals surface area (Å²) in [7, 11) is 0. The van der Waals surface area contributed by atoms with Crippen LogP contribution in [0.3, 0.4) is 0 Å². The van der Waals surface area contributed by atoms with Gasteiger partial charge in [-0.3, -0.25) is 4.79 Å². The van der Waals surface area contributed by atoms with E-state index in [1.807, 2.05) is 61.5 Å². The highest BCUT2D eigenvalue weighted by molar-refractivity contribution is 8.00. The van der Waals surface area contributed by atoms with E-state index in [9.17, 15) is 4.79 Å². The van der Waals surface area contributed by atoms with Crippen molar-refractivity contribution in [1.82, 2.24) is 20.2 Å². The maximum Gasteiger partial charge on any atom is 0.235 e. The highest BCUT2D eigenvalue weighted by atomic mass is 32.2. The van der Waals surface area contributed by atoms with Gasteiger partial charge in [-0.15, -0.1) is 5.10 Å². The Morgan fingerprint density at radius 1 is 1.13 bits per heavy atom. The Morgan fingerprint density at radius 3 is 2.52 bits per heavy atom. The van der Waals surface area contributed by atoms with Crippen molar-refractivity contribution < 1.29 is 4.79 Å². The third-order valence-corrected chi connectivity index (χ3v) is 4.57. The van der Waals surface area contributed by atoms with E-state index in [0.29, 0.717) is 5.16 Å². The molecule has 0 aliphatic heterocycles. The molecule has 23 heavy (non-hydrogen) atoms. The van der Waals surface area contributed by atoms with Crippen LogP contribution in [-0.4, -0.2) is 26.1 Å². The number of thioether (sulfide) groups is 1. The van der Waals surface area contributed by atoms with Gasteiger partial charge in [0.15, 0.2) is 0 Å². The smallest absolute Gasteiger partial charge is 0.235 e. The number of hydrogen-bond acceptors (Lipinski definition) is 5. The second-order valence-corrected chi connectivity index (χ2v) is 6.04. The third-order valence-electron chi connectivity index (χ3n) is 3.37. The lowest BCUT2D eigenvalue weighted by molar-refractivity contribution is -0.117. The van der Waals surface area contributed by atoms with E-state index in [4.69, 9.17) is 5.73 Å². The number of tetrazole rings is 1. The van der Waals surface area contributed by atoms with Crippen LogP contribution in [0.15, 0.2) is 59.8 Å². The molecule has 6 nitrogen and oxygen atoms in total. The first-order valence-corrected chi connectivity index (χ1v) is 7.90. The van der Waals surface area contributed by atoms with Gasteiger partial charge in [0.25, 0.3) is 0 Å². The Labute approximate surface area is 137 Å². The first-order valence-electron chi connectivity index (χ1n) is 7.02. The van der Waals surface area contributed by atoms with E-state index < -0.39 is 11.2 Å². The number of para-hydroxylation sites is 1. The van der Waals surface area contributed by atoms with Crippen molar-refractivity contribution >= 4 is 17.7 Å². The maximum absolute atomic E-state index is 11.9. The van der Waals surface area contributed by atoms with E-state index in [2.05, 4.69) is 15.5 Å². The van der Waals surface area contributed by atoms with Crippen LogP contribution >= 0.6 is 11.8 Å². The van der Waals surface area contributed by atoms with E-state index >= 15 is 0 Å². The molecule has 3 rings (SSSR count). The van der Waals surface area contributed by atoms with Crippen LogP contribution in [0, 0.1) is 6.92 Å². The quantitative estimate of drug-likeness (QED) is 0.727. The summed E-state index contributed by atoms with van der Waals surface area (Å²) in [6, 6.07) is 17.1. The van der Waals surface area contributed by atoms with Crippen molar-refractivity contribution in [2.24, 2.45) is 5.73 Å². The number of primary amides is 1. The monoisotopic (exact) mass is 325 g/mol. The van der Waals surface area contributed by atoms with Gasteiger partial charge in [0.05, 0.1) is 5.69 Å². The van der Waals surface area contributed by atoms with Crippen molar-refractivity contribution in [3.63, 3.8) is 0 Å². The molecule has 7 heteroatoms. The van der Waals surface area contributed by atoms with Crippen LogP contribution < -0.4 is 5.73 Å². The number of hydrogen-bond donors (Lipinski definition) is 1. The minimum absolute atomic E-state index is 0.430. The molecule has 116 valence electrons. The number of benzene rings is 2. The zero-order valence-corrected chi connectivity index (χ0v) is 13.3. The molecule has 0 aliphatic carbocycles. The van der Waals surface area contributed by atoms with Crippen molar-refractivity contribution in [2.45, 2.75) is 17.3 Å². The van der Waals surface area contributed by atoms with E-state index in [-0.39, 0.29) is 0 Å². The van der Waals surface area contributed by atoms with Crippen LogP contribution in [0.4, 0.5) is 0 Å². The molecule has 1 atom stereocenters. The predicted octanol–water partition coefficient (Wildman–Crippen LogP) is 2.29. The Balaban J connectivity index is 1.96. The summed E-state index contributed by atoms with van der Waals surface area (Å²) in [6.07, 6.45) is 0. The molecule has 0 bridgehead atoms. The van der Waals surface area contributed by atoms with Gasteiger partial charge in [0.2, 0.25) is 11.1 Å². The second kappa shape index (κ2) is 6.62. The molecular weight excluding hydrogens is 310 g/mol. The highest BCUT2D eigenvalue weighted by Gasteiger charge is 2.23. The highest BCUT2D eigenvalue weighted by Crippen LogP contribution is 2.34. The number of nitrogens with two attached hydrogens (primary N) is 1. The van der Waals surface area contributed by atoms with Crippen LogP contribution in [0.1, 0.15) is 16.4 Å². The average Bonchev–Trinajstić information content (AvgIpc) is 3.01. The fourth-order valence-corrected chi connectivity index (χ4v) is 3.17. The maximum atomic E-state index is 11.9. The van der Waals surface area contributed by atoms with Gasteiger partial charge in [-0.05, 0) is 34.5 Å². The molecule has 1 heterocycles. The summed E-state index contributed by atoms with van der Waals surface area (Å²) in [4.78, 5) is 11.9. The number of carbonyl (C=O) groups is 1. The Kier molecular flexibility index (Phi) is 4.38. The molecule has 0 fully saturated rings. The number of aryl methyl sites for hydroxylation is 1. The van der Waals surface area contributed by atoms with Crippen molar-refractivity contribution in [1.29, 1.82) is 0 Å². The number of carbonyl (C=O) groups excluding carboxylic acids is 1. The zero-order valence-electron chi connectivity index (χ0n) is 12.5. The van der Waals surface area contributed by atoms with Crippen molar-refractivity contribution in [3.8, 4) is 5.69 Å². The van der Waals surface area contributed by atoms with Crippen molar-refractivity contribution in [3.05, 3.63) is 65.7 Å². The molecule has 1 aromatic heterocycles. The Morgan fingerprint density at radius 2 is 1.83 bits per heavy atom. The molecule has 0 aliphatic rings. The lowest BCUT2D eigenvalue weighted by atomic mass is 10.1. The Bertz CT molecular complexity index is 818. The lowest BCUT2D eigenvalue weighted by Crippen LogP contribution is -2.19. The van der Waals surface area contributed by atoms with E-state index in [1.165, 1.54) is 11.8 Å². The van der Waals surface area contributed by atoms with E-state index in [1.54, 1.807) is 4.68 Å². The average molecular weight is 325 g/mol. The number of rotatable bonds is 5. The molecule has 2 aromatic carbocycles. The van der Waals surface area contributed by atoms with E-state index in [0.717, 1.165) is 16.8 Å². The van der Waals surface area contributed by atoms with Gasteiger partial charge >= 0.3 is 0 Å². The predicted molar refractivity (Wildman–Crippen MR) is 88.1 cm³/mol. The summed E-state index contributed by atoms with van der Waals surface area (Å²) in [5.74, 6) is -0.430. The summed E-state index contributed by atoms with van der Waals surface area (Å²) in [6.45, 7) is 1.98. The Hall–Kier alpha value is -2.67. The normalized spacial score (nSPS) is 12.0. The van der Waals surface area contributed by atoms with Crippen LogP contribution in [0.2, 0.25) is 0 Å². The first kappa shape index (κ1) is 15.2. The largest absolute Gasteiger partial charge is 0.368 e. The first-order chi connectivity index (χ1) is 11.2. The number of aromatic nitrogens is 4. The fraction of sp³-hybridized carbons (Fsp3) is 0.125. The standard InChI is InChI=1S/C16H15N5OS/c1-11-7-5-6-10-13(11)21-16(18-19-20-21)23-14(15(17)22)12-8-3-2-4-9-12/h2-10,14H,1H3,(H2,17,22)/t14-/m0/s1. The van der Waals surface area contributed by atoms with Gasteiger partial charge in [0.1, 0.15) is 5.25 Å². The molecule has 2 N–H and O–H groups in total. The summed E-state index contributed by atoms with van der Waals surface area (Å²) in [5.41, 5.74) is 8.30. The second-order valence-electron chi connectivity index (χ2n) is 4.97. The number of nitrogens with zero attached hydrogens (tertiary/aromatic N) is 4. The third kappa shape index (κ3) is 3.24. The van der Waals surface area contributed by atoms with Crippen LogP contribution in [-0.2, 0) is 4.79 Å². The fourth-order valence-electron chi connectivity index (χ4n) is 2.23. The summed E-state index contributed by atoms with van der Waals surface area (Å²) in [5, 5.41) is 11.8. The molecule has 0 radical (unpaired) electrons. The zero-order chi connectivity index (χ0) is 16.2. The molecule has 1 amide bonds.